The van der Waals surface area contributed by atoms with E-state index < -0.39 is 0 Å². The lowest BCUT2D eigenvalue weighted by Gasteiger charge is -2.11. The predicted molar refractivity (Wildman–Crippen MR) is 95.4 cm³/mol. The molecular weight excluding hydrogens is 344 g/mol. The quantitative estimate of drug-likeness (QED) is 0.664. The van der Waals surface area contributed by atoms with Gasteiger partial charge in [-0.05, 0) is 36.2 Å². The van der Waals surface area contributed by atoms with Gasteiger partial charge in [0.2, 0.25) is 11.8 Å². The van der Waals surface area contributed by atoms with E-state index >= 15 is 0 Å². The largest absolute Gasteiger partial charge is 0.274 e. The number of rotatable bonds is 3. The number of halogens is 1. The summed E-state index contributed by atoms with van der Waals surface area (Å²) in [5.74, 6) is -0.697. The van der Waals surface area contributed by atoms with Crippen molar-refractivity contribution >= 4 is 50.1 Å². The van der Waals surface area contributed by atoms with E-state index in [0.29, 0.717) is 16.6 Å². The predicted octanol–water partition coefficient (Wildman–Crippen LogP) is 4.07. The van der Waals surface area contributed by atoms with Crippen molar-refractivity contribution in [1.82, 2.24) is 4.98 Å². The third-order valence-electron chi connectivity index (χ3n) is 4.11. The summed E-state index contributed by atoms with van der Waals surface area (Å²) in [6.45, 7) is 0. The molecule has 2 heterocycles. The number of nitrogens with zero attached hydrogens (tertiary/aromatic N) is 2. The molecule has 2 amide bonds. The van der Waals surface area contributed by atoms with Gasteiger partial charge in [0.05, 0.1) is 16.1 Å². The molecule has 4 nitrogen and oxygen atoms in total. The van der Waals surface area contributed by atoms with E-state index in [1.54, 1.807) is 12.1 Å². The number of thiazole rings is 1. The summed E-state index contributed by atoms with van der Waals surface area (Å²) in [5, 5.41) is 1.12. The van der Waals surface area contributed by atoms with Crippen LogP contribution in [0.3, 0.4) is 0 Å². The minimum absolute atomic E-state index is 0.172. The molecule has 2 aromatic carbocycles. The zero-order valence-electron chi connectivity index (χ0n) is 12.6. The molecule has 3 aromatic rings. The molecule has 1 saturated heterocycles. The summed E-state index contributed by atoms with van der Waals surface area (Å²) in [6, 6.07) is 15.0. The SMILES string of the molecule is O=C1CC(Cc2ccc(Cl)cc2)C(=O)N1c1nc2ccccc2s1. The number of para-hydroxylation sites is 1. The number of anilines is 1. The normalized spacial score (nSPS) is 17.9. The van der Waals surface area contributed by atoms with Crippen molar-refractivity contribution in [1.29, 1.82) is 0 Å². The lowest BCUT2D eigenvalue weighted by molar-refractivity contribution is -0.122. The van der Waals surface area contributed by atoms with E-state index in [4.69, 9.17) is 11.6 Å². The Morgan fingerprint density at radius 1 is 1.12 bits per heavy atom. The molecule has 0 N–H and O–H groups in total. The maximum Gasteiger partial charge on any atom is 0.239 e. The second-order valence-corrected chi connectivity index (χ2v) is 7.21. The van der Waals surface area contributed by atoms with Crippen molar-refractivity contribution in [2.24, 2.45) is 5.92 Å². The number of amides is 2. The molecule has 1 aromatic heterocycles. The van der Waals surface area contributed by atoms with Crippen LogP contribution in [0, 0.1) is 5.92 Å². The fraction of sp³-hybridized carbons (Fsp3) is 0.167. The van der Waals surface area contributed by atoms with E-state index in [-0.39, 0.29) is 24.2 Å². The molecule has 6 heteroatoms. The smallest absolute Gasteiger partial charge is 0.239 e. The molecule has 0 spiro atoms. The van der Waals surface area contributed by atoms with Crippen molar-refractivity contribution in [3.05, 3.63) is 59.1 Å². The van der Waals surface area contributed by atoms with Gasteiger partial charge in [-0.25, -0.2) is 9.88 Å². The van der Waals surface area contributed by atoms with Gasteiger partial charge < -0.3 is 0 Å². The minimum atomic E-state index is -0.342. The minimum Gasteiger partial charge on any atom is -0.274 e. The standard InChI is InChI=1S/C18H13ClN2O2S/c19-13-7-5-11(6-8-13)9-12-10-16(22)21(17(12)23)18-20-14-3-1-2-4-15(14)24-18/h1-8,12H,9-10H2. The highest BCUT2D eigenvalue weighted by atomic mass is 35.5. The average molecular weight is 357 g/mol. The zero-order valence-corrected chi connectivity index (χ0v) is 14.2. The summed E-state index contributed by atoms with van der Waals surface area (Å²) < 4.78 is 0.967. The highest BCUT2D eigenvalue weighted by molar-refractivity contribution is 7.22. The first kappa shape index (κ1) is 15.3. The Morgan fingerprint density at radius 3 is 2.62 bits per heavy atom. The Balaban J connectivity index is 1.60. The Hall–Kier alpha value is -2.24. The molecule has 1 aliphatic heterocycles. The zero-order chi connectivity index (χ0) is 16.7. The fourth-order valence-electron chi connectivity index (χ4n) is 2.92. The van der Waals surface area contributed by atoms with Gasteiger partial charge in [0.1, 0.15) is 0 Å². The number of imide groups is 1. The van der Waals surface area contributed by atoms with Gasteiger partial charge in [0.25, 0.3) is 0 Å². The molecule has 0 aliphatic carbocycles. The lowest BCUT2D eigenvalue weighted by atomic mass is 9.98. The Bertz CT molecular complexity index is 903. The van der Waals surface area contributed by atoms with Gasteiger partial charge in [-0.2, -0.15) is 0 Å². The molecular formula is C18H13ClN2O2S. The number of hydrogen-bond acceptors (Lipinski definition) is 4. The van der Waals surface area contributed by atoms with Crippen LogP contribution in [-0.4, -0.2) is 16.8 Å². The van der Waals surface area contributed by atoms with Crippen molar-refractivity contribution in [3.63, 3.8) is 0 Å². The summed E-state index contributed by atoms with van der Waals surface area (Å²) in [6.07, 6.45) is 0.751. The molecule has 0 saturated carbocycles. The van der Waals surface area contributed by atoms with Crippen LogP contribution >= 0.6 is 22.9 Å². The van der Waals surface area contributed by atoms with Crippen molar-refractivity contribution in [2.45, 2.75) is 12.8 Å². The first-order valence-electron chi connectivity index (χ1n) is 7.58. The van der Waals surface area contributed by atoms with Crippen molar-refractivity contribution < 1.29 is 9.59 Å². The second-order valence-electron chi connectivity index (χ2n) is 5.76. The van der Waals surface area contributed by atoms with Gasteiger partial charge in [-0.15, -0.1) is 0 Å². The van der Waals surface area contributed by atoms with Crippen LogP contribution in [0.15, 0.2) is 48.5 Å². The number of benzene rings is 2. The van der Waals surface area contributed by atoms with E-state index in [2.05, 4.69) is 4.98 Å². The van der Waals surface area contributed by atoms with E-state index in [0.717, 1.165) is 15.8 Å². The molecule has 120 valence electrons. The average Bonchev–Trinajstić information content (AvgIpc) is 3.10. The molecule has 1 fully saturated rings. The highest BCUT2D eigenvalue weighted by Gasteiger charge is 2.40. The van der Waals surface area contributed by atoms with Crippen LogP contribution in [0.1, 0.15) is 12.0 Å². The molecule has 1 aliphatic rings. The van der Waals surface area contributed by atoms with Gasteiger partial charge in [0, 0.05) is 11.4 Å². The third kappa shape index (κ3) is 2.70. The highest BCUT2D eigenvalue weighted by Crippen LogP contribution is 2.34. The summed E-state index contributed by atoms with van der Waals surface area (Å²) >= 11 is 7.25. The Morgan fingerprint density at radius 2 is 1.88 bits per heavy atom. The van der Waals surface area contributed by atoms with Crippen LogP contribution in [0.25, 0.3) is 10.2 Å². The van der Waals surface area contributed by atoms with Crippen LogP contribution in [0.2, 0.25) is 5.02 Å². The van der Waals surface area contributed by atoms with E-state index in [1.165, 1.54) is 16.2 Å². The molecule has 1 unspecified atom stereocenters. The monoisotopic (exact) mass is 356 g/mol. The fourth-order valence-corrected chi connectivity index (χ4v) is 4.03. The Kier molecular flexibility index (Phi) is 3.82. The molecule has 4 rings (SSSR count). The first-order chi connectivity index (χ1) is 11.6. The third-order valence-corrected chi connectivity index (χ3v) is 5.38. The van der Waals surface area contributed by atoms with Gasteiger partial charge in [-0.3, -0.25) is 9.59 Å². The van der Waals surface area contributed by atoms with Crippen LogP contribution in [0.5, 0.6) is 0 Å². The number of fused-ring (bicyclic) bond motifs is 1. The molecule has 0 radical (unpaired) electrons. The summed E-state index contributed by atoms with van der Waals surface area (Å²) in [5.41, 5.74) is 1.80. The van der Waals surface area contributed by atoms with Crippen LogP contribution in [-0.2, 0) is 16.0 Å². The first-order valence-corrected chi connectivity index (χ1v) is 8.78. The number of carbonyl (C=O) groups excluding carboxylic acids is 2. The van der Waals surface area contributed by atoms with Gasteiger partial charge in [-0.1, -0.05) is 47.2 Å². The number of hydrogen-bond donors (Lipinski definition) is 0. The molecule has 1 atom stereocenters. The molecule has 0 bridgehead atoms. The maximum atomic E-state index is 12.7. The summed E-state index contributed by atoms with van der Waals surface area (Å²) in [4.78, 5) is 30.8. The number of carbonyl (C=O) groups is 2. The van der Waals surface area contributed by atoms with Gasteiger partial charge >= 0.3 is 0 Å². The lowest BCUT2D eigenvalue weighted by Crippen LogP contribution is -2.30. The topological polar surface area (TPSA) is 50.3 Å². The maximum absolute atomic E-state index is 12.7. The number of aromatic nitrogens is 1. The second kappa shape index (κ2) is 6.00. The Labute approximate surface area is 147 Å². The molecule has 24 heavy (non-hydrogen) atoms. The van der Waals surface area contributed by atoms with Gasteiger partial charge in [0.15, 0.2) is 5.13 Å². The van der Waals surface area contributed by atoms with Crippen molar-refractivity contribution in [3.8, 4) is 0 Å². The van der Waals surface area contributed by atoms with Crippen molar-refractivity contribution in [2.75, 3.05) is 4.90 Å². The van der Waals surface area contributed by atoms with E-state index in [9.17, 15) is 9.59 Å². The van der Waals surface area contributed by atoms with Crippen LogP contribution < -0.4 is 4.90 Å². The van der Waals surface area contributed by atoms with Crippen LogP contribution in [0.4, 0.5) is 5.13 Å². The summed E-state index contributed by atoms with van der Waals surface area (Å²) in [7, 11) is 0. The van der Waals surface area contributed by atoms with E-state index in [1.807, 2.05) is 36.4 Å².